The predicted molar refractivity (Wildman–Crippen MR) is 152 cm³/mol. The van der Waals surface area contributed by atoms with E-state index in [1.807, 2.05) is 49.4 Å². The Balaban J connectivity index is 1.63. The third kappa shape index (κ3) is 5.55. The average molecular weight is 548 g/mol. The molecule has 0 saturated carbocycles. The average Bonchev–Trinajstić information content (AvgIpc) is 3.27. The highest BCUT2D eigenvalue weighted by molar-refractivity contribution is 7.07. The molecule has 1 aromatic heterocycles. The summed E-state index contributed by atoms with van der Waals surface area (Å²) in [6.07, 6.45) is 3.29. The van der Waals surface area contributed by atoms with E-state index >= 15 is 0 Å². The van der Waals surface area contributed by atoms with Crippen LogP contribution < -0.4 is 24.5 Å². The van der Waals surface area contributed by atoms with Crippen molar-refractivity contribution in [3.8, 4) is 5.75 Å². The number of benzene rings is 2. The van der Waals surface area contributed by atoms with Crippen molar-refractivity contribution < 1.29 is 19.0 Å². The van der Waals surface area contributed by atoms with Gasteiger partial charge in [-0.15, -0.1) is 0 Å². The minimum atomic E-state index is -0.664. The Kier molecular flexibility index (Phi) is 8.28. The molecule has 0 bridgehead atoms. The Morgan fingerprint density at radius 3 is 2.62 bits per heavy atom. The van der Waals surface area contributed by atoms with Gasteiger partial charge in [-0.1, -0.05) is 48.9 Å². The number of hydrogen-bond donors (Lipinski definition) is 0. The van der Waals surface area contributed by atoms with Gasteiger partial charge in [-0.2, -0.15) is 0 Å². The van der Waals surface area contributed by atoms with Gasteiger partial charge in [0.1, 0.15) is 5.75 Å². The van der Waals surface area contributed by atoms with Crippen LogP contribution in [0.15, 0.2) is 69.6 Å². The molecule has 2 aliphatic heterocycles. The zero-order valence-electron chi connectivity index (χ0n) is 22.5. The number of aromatic nitrogens is 1. The van der Waals surface area contributed by atoms with Crippen molar-refractivity contribution in [3.05, 3.63) is 90.6 Å². The third-order valence-corrected chi connectivity index (χ3v) is 7.85. The molecule has 0 unspecified atom stereocenters. The molecule has 1 saturated heterocycles. The number of allylic oxidation sites excluding steroid dienone is 1. The van der Waals surface area contributed by atoms with E-state index in [0.29, 0.717) is 32.8 Å². The number of rotatable bonds is 8. The monoisotopic (exact) mass is 547 g/mol. The zero-order chi connectivity index (χ0) is 27.4. The fourth-order valence-corrected chi connectivity index (χ4v) is 6.02. The van der Waals surface area contributed by atoms with Gasteiger partial charge in [-0.05, 0) is 54.8 Å². The van der Waals surface area contributed by atoms with E-state index in [0.717, 1.165) is 49.5 Å². The minimum absolute atomic E-state index is 0.193. The first kappa shape index (κ1) is 26.9. The van der Waals surface area contributed by atoms with Crippen LogP contribution in [0.2, 0.25) is 0 Å². The van der Waals surface area contributed by atoms with E-state index in [-0.39, 0.29) is 12.2 Å². The fraction of sp³-hybridized carbons (Fsp3) is 0.367. The fourth-order valence-electron chi connectivity index (χ4n) is 5.00. The molecule has 2 aliphatic rings. The third-order valence-electron chi connectivity index (χ3n) is 6.87. The van der Waals surface area contributed by atoms with Crippen LogP contribution in [0.1, 0.15) is 43.9 Å². The molecule has 0 aliphatic carbocycles. The lowest BCUT2D eigenvalue weighted by Crippen LogP contribution is -2.40. The van der Waals surface area contributed by atoms with Crippen molar-refractivity contribution in [1.29, 1.82) is 0 Å². The van der Waals surface area contributed by atoms with Gasteiger partial charge in [0.25, 0.3) is 5.56 Å². The van der Waals surface area contributed by atoms with Gasteiger partial charge in [0.2, 0.25) is 0 Å². The molecule has 3 aromatic rings. The molecular formula is C30H33N3O5S. The number of carbonyl (C=O) groups is 1. The first-order chi connectivity index (χ1) is 19.0. The van der Waals surface area contributed by atoms with Crippen LogP contribution in [-0.2, 0) is 14.3 Å². The molecule has 39 heavy (non-hydrogen) atoms. The van der Waals surface area contributed by atoms with Gasteiger partial charge in [0, 0.05) is 18.8 Å². The molecule has 1 atom stereocenters. The Morgan fingerprint density at radius 2 is 1.92 bits per heavy atom. The molecule has 9 heteroatoms. The van der Waals surface area contributed by atoms with Crippen molar-refractivity contribution in [3.63, 3.8) is 0 Å². The maximum atomic E-state index is 13.9. The Labute approximate surface area is 231 Å². The number of fused-ring (bicyclic) bond motifs is 1. The van der Waals surface area contributed by atoms with Gasteiger partial charge in [-0.3, -0.25) is 9.36 Å². The van der Waals surface area contributed by atoms with Crippen molar-refractivity contribution >= 4 is 29.1 Å². The maximum absolute atomic E-state index is 13.9. The van der Waals surface area contributed by atoms with Gasteiger partial charge < -0.3 is 19.1 Å². The van der Waals surface area contributed by atoms with Crippen molar-refractivity contribution in [1.82, 2.24) is 4.57 Å². The lowest BCUT2D eigenvalue weighted by molar-refractivity contribution is -0.139. The van der Waals surface area contributed by atoms with Crippen LogP contribution >= 0.6 is 11.3 Å². The van der Waals surface area contributed by atoms with E-state index in [2.05, 4.69) is 17.0 Å². The van der Waals surface area contributed by atoms with E-state index in [9.17, 15) is 9.59 Å². The summed E-state index contributed by atoms with van der Waals surface area (Å²) in [5.74, 6) is 0.192. The van der Waals surface area contributed by atoms with E-state index in [4.69, 9.17) is 19.2 Å². The minimum Gasteiger partial charge on any atom is -0.497 e. The number of esters is 1. The van der Waals surface area contributed by atoms with Crippen LogP contribution in [0.5, 0.6) is 5.75 Å². The highest BCUT2D eigenvalue weighted by Gasteiger charge is 2.34. The summed E-state index contributed by atoms with van der Waals surface area (Å²) in [6, 6.07) is 15.0. The van der Waals surface area contributed by atoms with Crippen molar-refractivity contribution in [2.45, 2.75) is 32.7 Å². The number of nitrogens with zero attached hydrogens (tertiary/aromatic N) is 3. The van der Waals surface area contributed by atoms with Crippen LogP contribution in [0.25, 0.3) is 6.08 Å². The Morgan fingerprint density at radius 1 is 1.15 bits per heavy atom. The first-order valence-corrected chi connectivity index (χ1v) is 14.1. The van der Waals surface area contributed by atoms with Gasteiger partial charge in [0.15, 0.2) is 4.80 Å². The molecule has 204 valence electrons. The number of morpholine rings is 1. The lowest BCUT2D eigenvalue weighted by atomic mass is 9.94. The zero-order valence-corrected chi connectivity index (χ0v) is 23.3. The Hall–Kier alpha value is -3.69. The number of thiazole rings is 1. The second-order valence-corrected chi connectivity index (χ2v) is 10.4. The molecular weight excluding hydrogens is 514 g/mol. The molecule has 5 rings (SSSR count). The highest BCUT2D eigenvalue weighted by Crippen LogP contribution is 2.33. The standard InChI is InChI=1S/C30H33N3O5S/c1-4-7-24-26(29(35)38-5-2)27(21-8-6-9-23(19-21)36-3)33-28(34)25(39-30(33)31-24)18-20-10-12-22(13-11-20)32-14-16-37-17-15-32/h6,8-13,18-19,27H,4-5,7,14-17H2,1-3H3/b25-18+/t27-/m0/s1. The van der Waals surface area contributed by atoms with Crippen LogP contribution in [0.4, 0.5) is 5.69 Å². The highest BCUT2D eigenvalue weighted by atomic mass is 32.1. The summed E-state index contributed by atoms with van der Waals surface area (Å²) in [5, 5.41) is 0. The van der Waals surface area contributed by atoms with E-state index in [1.54, 1.807) is 18.6 Å². The van der Waals surface area contributed by atoms with Gasteiger partial charge >= 0.3 is 5.97 Å². The summed E-state index contributed by atoms with van der Waals surface area (Å²) in [7, 11) is 1.60. The first-order valence-electron chi connectivity index (χ1n) is 13.3. The normalized spacial score (nSPS) is 17.6. The van der Waals surface area contributed by atoms with E-state index in [1.165, 1.54) is 11.3 Å². The topological polar surface area (TPSA) is 82.4 Å². The van der Waals surface area contributed by atoms with Gasteiger partial charge in [0.05, 0.1) is 48.8 Å². The molecule has 0 amide bonds. The number of hydrogen-bond acceptors (Lipinski definition) is 8. The molecule has 0 spiro atoms. The van der Waals surface area contributed by atoms with Crippen LogP contribution in [-0.4, -0.2) is 50.6 Å². The summed E-state index contributed by atoms with van der Waals surface area (Å²) >= 11 is 1.34. The number of ether oxygens (including phenoxy) is 3. The summed E-state index contributed by atoms with van der Waals surface area (Å²) in [5.41, 5.74) is 3.70. The molecule has 3 heterocycles. The van der Waals surface area contributed by atoms with Crippen LogP contribution in [0.3, 0.4) is 0 Å². The molecule has 0 N–H and O–H groups in total. The lowest BCUT2D eigenvalue weighted by Gasteiger charge is -2.28. The molecule has 0 radical (unpaired) electrons. The number of methoxy groups -OCH3 is 1. The summed E-state index contributed by atoms with van der Waals surface area (Å²) in [6.45, 7) is 7.24. The molecule has 8 nitrogen and oxygen atoms in total. The van der Waals surface area contributed by atoms with E-state index < -0.39 is 12.0 Å². The molecule has 1 fully saturated rings. The largest absolute Gasteiger partial charge is 0.497 e. The Bertz CT molecular complexity index is 1550. The van der Waals surface area contributed by atoms with Gasteiger partial charge in [-0.25, -0.2) is 9.79 Å². The SMILES string of the molecule is CCCC1=C(C(=O)OCC)[C@H](c2cccc(OC)c2)n2c(s/c(=C/c3ccc(N4CCOCC4)cc3)c2=O)=N1. The van der Waals surface area contributed by atoms with Crippen LogP contribution in [0, 0.1) is 0 Å². The number of carbonyl (C=O) groups excluding carboxylic acids is 1. The van der Waals surface area contributed by atoms with Crippen molar-refractivity contribution in [2.75, 3.05) is 44.9 Å². The molecule has 2 aromatic carbocycles. The second kappa shape index (κ2) is 12.0. The summed E-state index contributed by atoms with van der Waals surface area (Å²) in [4.78, 5) is 34.9. The maximum Gasteiger partial charge on any atom is 0.338 e. The summed E-state index contributed by atoms with van der Waals surface area (Å²) < 4.78 is 18.6. The predicted octanol–water partition coefficient (Wildman–Crippen LogP) is 3.42. The smallest absolute Gasteiger partial charge is 0.338 e. The number of anilines is 1. The second-order valence-electron chi connectivity index (χ2n) is 9.38. The van der Waals surface area contributed by atoms with Crippen molar-refractivity contribution in [2.24, 2.45) is 4.99 Å². The quantitative estimate of drug-likeness (QED) is 0.402.